The zero-order valence-corrected chi connectivity index (χ0v) is 31.7. The van der Waals surface area contributed by atoms with E-state index in [9.17, 15) is 0 Å². The lowest BCUT2D eigenvalue weighted by atomic mass is 9.98. The fourth-order valence-corrected chi connectivity index (χ4v) is 8.51. The Morgan fingerprint density at radius 1 is 0.276 bits per heavy atom. The van der Waals surface area contributed by atoms with Crippen molar-refractivity contribution in [1.82, 2.24) is 0 Å². The molecule has 0 radical (unpaired) electrons. The molecule has 11 aromatic rings. The molecule has 0 fully saturated rings. The predicted molar refractivity (Wildman–Crippen MR) is 245 cm³/mol. The number of nitrogens with zero attached hydrogens (tertiary/aromatic N) is 1. The molecule has 0 saturated heterocycles. The van der Waals surface area contributed by atoms with E-state index in [1.165, 1.54) is 43.8 Å². The number of furan rings is 1. The van der Waals surface area contributed by atoms with Crippen molar-refractivity contribution in [3.63, 3.8) is 0 Å². The van der Waals surface area contributed by atoms with Crippen LogP contribution in [0.3, 0.4) is 0 Å². The van der Waals surface area contributed by atoms with Gasteiger partial charge in [-0.25, -0.2) is 0 Å². The van der Waals surface area contributed by atoms with Crippen LogP contribution in [0.25, 0.3) is 88.0 Å². The van der Waals surface area contributed by atoms with Crippen molar-refractivity contribution in [2.75, 3.05) is 4.90 Å². The first-order chi connectivity index (χ1) is 28.7. The van der Waals surface area contributed by atoms with Crippen LogP contribution in [0.1, 0.15) is 0 Å². The van der Waals surface area contributed by atoms with E-state index in [-0.39, 0.29) is 0 Å². The molecule has 0 amide bonds. The monoisotopic (exact) mass is 739 g/mol. The average molecular weight is 740 g/mol. The molecule has 2 nitrogen and oxygen atoms in total. The topological polar surface area (TPSA) is 16.4 Å². The Morgan fingerprint density at radius 3 is 1.50 bits per heavy atom. The molecule has 1 heterocycles. The minimum Gasteiger partial charge on any atom is -0.455 e. The number of benzene rings is 10. The molecule has 0 saturated carbocycles. The van der Waals surface area contributed by atoms with Crippen molar-refractivity contribution in [2.24, 2.45) is 0 Å². The first-order valence-corrected chi connectivity index (χ1v) is 19.8. The van der Waals surface area contributed by atoms with Crippen LogP contribution in [0.5, 0.6) is 0 Å². The van der Waals surface area contributed by atoms with Crippen LogP contribution < -0.4 is 4.90 Å². The Bertz CT molecular complexity index is 3250. The first kappa shape index (κ1) is 33.6. The molecule has 11 rings (SSSR count). The Labute approximate surface area is 337 Å². The maximum absolute atomic E-state index is 6.48. The Kier molecular flexibility index (Phi) is 8.19. The van der Waals surface area contributed by atoms with Gasteiger partial charge < -0.3 is 9.32 Å². The average Bonchev–Trinajstić information content (AvgIpc) is 3.68. The molecule has 10 aromatic carbocycles. The van der Waals surface area contributed by atoms with E-state index in [4.69, 9.17) is 4.42 Å². The zero-order valence-electron chi connectivity index (χ0n) is 31.7. The largest absolute Gasteiger partial charge is 0.455 e. The van der Waals surface area contributed by atoms with Gasteiger partial charge in [-0.05, 0) is 115 Å². The highest BCUT2D eigenvalue weighted by Crippen LogP contribution is 2.41. The molecule has 0 unspecified atom stereocenters. The standard InChI is InChI=1S/C56H37NO/c1-2-11-42(12-3-1)52-18-9-19-53-54-37-46(28-35-55(54)58-56(52)53)40-24-31-48(32-25-40)57(47-29-22-39(23-30-47)45-21-20-38-10-4-5-14-44(38)36-45)49-33-26-43(27-34-49)51-17-8-15-41-13-6-7-16-50(41)51/h1-37H. The summed E-state index contributed by atoms with van der Waals surface area (Å²) in [6.45, 7) is 0. The summed E-state index contributed by atoms with van der Waals surface area (Å²) in [5, 5.41) is 7.24. The molecule has 0 aliphatic carbocycles. The summed E-state index contributed by atoms with van der Waals surface area (Å²) < 4.78 is 6.48. The van der Waals surface area contributed by atoms with Gasteiger partial charge in [-0.2, -0.15) is 0 Å². The Hall–Kier alpha value is -7.68. The second-order valence-corrected chi connectivity index (χ2v) is 14.9. The van der Waals surface area contributed by atoms with Crippen LogP contribution in [-0.2, 0) is 0 Å². The van der Waals surface area contributed by atoms with Crippen molar-refractivity contribution in [2.45, 2.75) is 0 Å². The third kappa shape index (κ3) is 6.00. The van der Waals surface area contributed by atoms with Crippen molar-refractivity contribution in [3.05, 3.63) is 224 Å². The minimum atomic E-state index is 0.893. The van der Waals surface area contributed by atoms with Gasteiger partial charge in [0.25, 0.3) is 0 Å². The third-order valence-electron chi connectivity index (χ3n) is 11.5. The van der Waals surface area contributed by atoms with E-state index in [2.05, 4.69) is 223 Å². The van der Waals surface area contributed by atoms with E-state index in [0.717, 1.165) is 61.3 Å². The SMILES string of the molecule is c1ccc(-c2cccc3c2oc2ccc(-c4ccc(N(c5ccc(-c6ccc7ccccc7c6)cc5)c5ccc(-c6cccc7ccccc67)cc5)cc4)cc23)cc1. The van der Waals surface area contributed by atoms with Gasteiger partial charge >= 0.3 is 0 Å². The molecule has 0 aliphatic heterocycles. The fraction of sp³-hybridized carbons (Fsp3) is 0. The molecule has 0 atom stereocenters. The van der Waals surface area contributed by atoms with Gasteiger partial charge in [-0.15, -0.1) is 0 Å². The molecule has 0 spiro atoms. The summed E-state index contributed by atoms with van der Waals surface area (Å²) in [6.07, 6.45) is 0. The number of rotatable bonds is 7. The van der Waals surface area contributed by atoms with Crippen LogP contribution in [0.2, 0.25) is 0 Å². The number of hydrogen-bond acceptors (Lipinski definition) is 2. The molecular weight excluding hydrogens is 703 g/mol. The lowest BCUT2D eigenvalue weighted by Crippen LogP contribution is -2.09. The van der Waals surface area contributed by atoms with Gasteiger partial charge in [0, 0.05) is 33.4 Å². The highest BCUT2D eigenvalue weighted by Gasteiger charge is 2.16. The van der Waals surface area contributed by atoms with E-state index in [1.807, 2.05) is 6.07 Å². The number of fused-ring (bicyclic) bond motifs is 5. The maximum atomic E-state index is 6.48. The van der Waals surface area contributed by atoms with Crippen molar-refractivity contribution >= 4 is 60.5 Å². The summed E-state index contributed by atoms with van der Waals surface area (Å²) in [6, 6.07) is 80.6. The van der Waals surface area contributed by atoms with E-state index < -0.39 is 0 Å². The predicted octanol–water partition coefficient (Wildman–Crippen LogP) is 16.0. The second-order valence-electron chi connectivity index (χ2n) is 14.9. The van der Waals surface area contributed by atoms with Gasteiger partial charge in [0.1, 0.15) is 11.2 Å². The molecule has 0 aliphatic rings. The van der Waals surface area contributed by atoms with Crippen LogP contribution in [-0.4, -0.2) is 0 Å². The van der Waals surface area contributed by atoms with Crippen molar-refractivity contribution in [3.8, 4) is 44.5 Å². The van der Waals surface area contributed by atoms with Crippen LogP contribution in [0, 0.1) is 0 Å². The summed E-state index contributed by atoms with van der Waals surface area (Å²) in [4.78, 5) is 2.35. The van der Waals surface area contributed by atoms with E-state index in [1.54, 1.807) is 0 Å². The smallest absolute Gasteiger partial charge is 0.143 e. The number of para-hydroxylation sites is 1. The van der Waals surface area contributed by atoms with Gasteiger partial charge in [0.15, 0.2) is 0 Å². The molecular formula is C56H37NO. The maximum Gasteiger partial charge on any atom is 0.143 e. The van der Waals surface area contributed by atoms with Crippen molar-refractivity contribution < 1.29 is 4.42 Å². The number of anilines is 3. The van der Waals surface area contributed by atoms with Crippen LogP contribution >= 0.6 is 0 Å². The summed E-state index contributed by atoms with van der Waals surface area (Å²) in [5.41, 5.74) is 14.5. The summed E-state index contributed by atoms with van der Waals surface area (Å²) >= 11 is 0. The lowest BCUT2D eigenvalue weighted by Gasteiger charge is -2.26. The second kappa shape index (κ2) is 14.1. The highest BCUT2D eigenvalue weighted by molar-refractivity contribution is 6.10. The number of hydrogen-bond donors (Lipinski definition) is 0. The molecule has 58 heavy (non-hydrogen) atoms. The van der Waals surface area contributed by atoms with Crippen LogP contribution in [0.4, 0.5) is 17.1 Å². The summed E-state index contributed by atoms with van der Waals surface area (Å²) in [5.74, 6) is 0. The van der Waals surface area contributed by atoms with Crippen molar-refractivity contribution in [1.29, 1.82) is 0 Å². The first-order valence-electron chi connectivity index (χ1n) is 19.8. The minimum absolute atomic E-state index is 0.893. The van der Waals surface area contributed by atoms with E-state index in [0.29, 0.717) is 0 Å². The quantitative estimate of drug-likeness (QED) is 0.162. The van der Waals surface area contributed by atoms with E-state index >= 15 is 0 Å². The van der Waals surface area contributed by atoms with Gasteiger partial charge in [-0.3, -0.25) is 0 Å². The third-order valence-corrected chi connectivity index (χ3v) is 11.5. The van der Waals surface area contributed by atoms with Gasteiger partial charge in [-0.1, -0.05) is 170 Å². The molecule has 0 N–H and O–H groups in total. The molecule has 272 valence electrons. The lowest BCUT2D eigenvalue weighted by molar-refractivity contribution is 0.670. The Morgan fingerprint density at radius 2 is 0.776 bits per heavy atom. The molecule has 0 bridgehead atoms. The van der Waals surface area contributed by atoms with Gasteiger partial charge in [0.2, 0.25) is 0 Å². The molecule has 2 heteroatoms. The fourth-order valence-electron chi connectivity index (χ4n) is 8.51. The molecule has 1 aromatic heterocycles. The Balaban J connectivity index is 0.967. The zero-order chi connectivity index (χ0) is 38.4. The van der Waals surface area contributed by atoms with Gasteiger partial charge in [0.05, 0.1) is 0 Å². The van der Waals surface area contributed by atoms with Crippen LogP contribution in [0.15, 0.2) is 229 Å². The summed E-state index contributed by atoms with van der Waals surface area (Å²) in [7, 11) is 0. The normalized spacial score (nSPS) is 11.4. The highest BCUT2D eigenvalue weighted by atomic mass is 16.3.